The minimum atomic E-state index is 0.0207. The van der Waals surface area contributed by atoms with E-state index < -0.39 is 0 Å². The van der Waals surface area contributed by atoms with Crippen LogP contribution in [-0.4, -0.2) is 37.6 Å². The molecule has 0 unspecified atom stereocenters. The molecule has 4 rings (SSSR count). The van der Waals surface area contributed by atoms with E-state index in [0.29, 0.717) is 5.92 Å². The number of aryl methyl sites for hydroxylation is 1. The first-order chi connectivity index (χ1) is 14.5. The third-order valence-corrected chi connectivity index (χ3v) is 7.11. The largest absolute Gasteiger partial charge is 0.497 e. The molecule has 1 aliphatic carbocycles. The number of rotatable bonds is 5. The summed E-state index contributed by atoms with van der Waals surface area (Å²) < 4.78 is 5.42. The van der Waals surface area contributed by atoms with Crippen molar-refractivity contribution in [2.75, 3.05) is 26.7 Å². The molecule has 2 atom stereocenters. The van der Waals surface area contributed by atoms with Gasteiger partial charge in [0.25, 0.3) is 0 Å². The minimum absolute atomic E-state index is 0.0207. The first-order valence-electron chi connectivity index (χ1n) is 11.2. The number of carbonyl (C=O) groups is 1. The van der Waals surface area contributed by atoms with Crippen LogP contribution in [0, 0.1) is 5.41 Å². The average molecular weight is 407 g/mol. The monoisotopic (exact) mass is 406 g/mol. The van der Waals surface area contributed by atoms with Crippen LogP contribution in [0.1, 0.15) is 61.8 Å². The highest BCUT2D eigenvalue weighted by Gasteiger charge is 2.42. The number of hydrogen-bond donors (Lipinski definition) is 1. The average Bonchev–Trinajstić information content (AvgIpc) is 2.76. The highest BCUT2D eigenvalue weighted by Crippen LogP contribution is 2.46. The number of amides is 1. The van der Waals surface area contributed by atoms with Crippen molar-refractivity contribution >= 4 is 5.91 Å². The molecule has 160 valence electrons. The lowest BCUT2D eigenvalue weighted by Gasteiger charge is -2.46. The molecule has 30 heavy (non-hydrogen) atoms. The molecule has 1 amide bonds. The van der Waals surface area contributed by atoms with Gasteiger partial charge >= 0.3 is 0 Å². The first kappa shape index (κ1) is 20.9. The van der Waals surface area contributed by atoms with Crippen LogP contribution in [0.4, 0.5) is 0 Å². The van der Waals surface area contributed by atoms with E-state index in [9.17, 15) is 4.79 Å². The Balaban J connectivity index is 1.48. The van der Waals surface area contributed by atoms with E-state index in [0.717, 1.165) is 38.2 Å². The summed E-state index contributed by atoms with van der Waals surface area (Å²) in [7, 11) is 1.71. The predicted octanol–water partition coefficient (Wildman–Crippen LogP) is 4.70. The van der Waals surface area contributed by atoms with E-state index in [1.807, 2.05) is 6.07 Å². The van der Waals surface area contributed by atoms with Crippen molar-refractivity contribution in [1.82, 2.24) is 10.2 Å². The zero-order valence-corrected chi connectivity index (χ0v) is 18.5. The van der Waals surface area contributed by atoms with Gasteiger partial charge in [-0.2, -0.15) is 0 Å². The van der Waals surface area contributed by atoms with Crippen LogP contribution >= 0.6 is 0 Å². The zero-order valence-electron chi connectivity index (χ0n) is 18.5. The van der Waals surface area contributed by atoms with Gasteiger partial charge in [0.05, 0.1) is 13.2 Å². The molecule has 4 heteroatoms. The van der Waals surface area contributed by atoms with Crippen molar-refractivity contribution in [3.8, 4) is 5.75 Å². The zero-order chi connectivity index (χ0) is 21.1. The van der Waals surface area contributed by atoms with Gasteiger partial charge in [0.15, 0.2) is 0 Å². The normalized spacial score (nSPS) is 24.8. The lowest BCUT2D eigenvalue weighted by molar-refractivity contribution is -0.121. The molecule has 0 radical (unpaired) electrons. The topological polar surface area (TPSA) is 41.6 Å². The lowest BCUT2D eigenvalue weighted by Crippen LogP contribution is -2.49. The van der Waals surface area contributed by atoms with Gasteiger partial charge in [0.1, 0.15) is 5.75 Å². The highest BCUT2D eigenvalue weighted by atomic mass is 16.5. The van der Waals surface area contributed by atoms with Gasteiger partial charge in [0, 0.05) is 18.9 Å². The summed E-state index contributed by atoms with van der Waals surface area (Å²) in [4.78, 5) is 14.7. The number of ether oxygens (including phenoxy) is 1. The molecule has 0 bridgehead atoms. The quantitative estimate of drug-likeness (QED) is 0.782. The van der Waals surface area contributed by atoms with Gasteiger partial charge in [-0.15, -0.1) is 0 Å². The Bertz CT molecular complexity index is 874. The Labute approximate surface area is 180 Å². The van der Waals surface area contributed by atoms with Crippen molar-refractivity contribution in [2.24, 2.45) is 5.41 Å². The molecule has 0 aromatic heterocycles. The van der Waals surface area contributed by atoms with Crippen LogP contribution in [0.3, 0.4) is 0 Å². The maximum absolute atomic E-state index is 12.1. The van der Waals surface area contributed by atoms with E-state index in [2.05, 4.69) is 59.6 Å². The van der Waals surface area contributed by atoms with E-state index in [4.69, 9.17) is 4.74 Å². The van der Waals surface area contributed by atoms with E-state index in [1.165, 1.54) is 29.5 Å². The number of hydrogen-bond acceptors (Lipinski definition) is 3. The standard InChI is InChI=1S/C26H34N2O2/c1-19(29)27-25-24-10-9-23(30-3)17-22(24)11-14-26(25,2)18-28-15-12-21(13-16-28)20-7-5-4-6-8-20/h4-10,17,21,25H,11-16,18H2,1-3H3,(H,27,29)/t25-,26+/m1/s1. The second kappa shape index (κ2) is 8.81. The molecule has 1 fully saturated rings. The van der Waals surface area contributed by atoms with E-state index >= 15 is 0 Å². The van der Waals surface area contributed by atoms with Crippen LogP contribution < -0.4 is 10.1 Å². The number of nitrogens with zero attached hydrogens (tertiary/aromatic N) is 1. The molecular weight excluding hydrogens is 372 g/mol. The molecule has 1 saturated heterocycles. The Hall–Kier alpha value is -2.33. The second-order valence-corrected chi connectivity index (χ2v) is 9.31. The molecule has 0 saturated carbocycles. The van der Waals surface area contributed by atoms with Gasteiger partial charge in [-0.25, -0.2) is 0 Å². The number of piperidine rings is 1. The van der Waals surface area contributed by atoms with Crippen molar-refractivity contribution in [2.45, 2.75) is 51.5 Å². The number of fused-ring (bicyclic) bond motifs is 1. The molecule has 2 aromatic rings. The third-order valence-electron chi connectivity index (χ3n) is 7.11. The van der Waals surface area contributed by atoms with Crippen molar-refractivity contribution < 1.29 is 9.53 Å². The van der Waals surface area contributed by atoms with Crippen LogP contribution in [-0.2, 0) is 11.2 Å². The van der Waals surface area contributed by atoms with E-state index in [1.54, 1.807) is 14.0 Å². The fourth-order valence-electron chi connectivity index (χ4n) is 5.43. The van der Waals surface area contributed by atoms with Crippen molar-refractivity contribution in [1.29, 1.82) is 0 Å². The summed E-state index contributed by atoms with van der Waals surface area (Å²) in [5.74, 6) is 1.60. The smallest absolute Gasteiger partial charge is 0.217 e. The van der Waals surface area contributed by atoms with Gasteiger partial charge < -0.3 is 15.0 Å². The molecule has 1 heterocycles. The highest BCUT2D eigenvalue weighted by molar-refractivity contribution is 5.73. The van der Waals surface area contributed by atoms with Crippen molar-refractivity contribution in [3.05, 3.63) is 65.2 Å². The summed E-state index contributed by atoms with van der Waals surface area (Å²) in [6, 6.07) is 17.3. The molecule has 1 N–H and O–H groups in total. The number of likely N-dealkylation sites (tertiary alicyclic amines) is 1. The fourth-order valence-corrected chi connectivity index (χ4v) is 5.43. The lowest BCUT2D eigenvalue weighted by atomic mass is 9.68. The first-order valence-corrected chi connectivity index (χ1v) is 11.2. The van der Waals surface area contributed by atoms with Gasteiger partial charge in [-0.3, -0.25) is 4.79 Å². The molecule has 2 aromatic carbocycles. The summed E-state index contributed by atoms with van der Waals surface area (Å²) in [6.07, 6.45) is 4.51. The molecule has 2 aliphatic rings. The third kappa shape index (κ3) is 4.39. The van der Waals surface area contributed by atoms with Gasteiger partial charge in [-0.1, -0.05) is 43.3 Å². The Kier molecular flexibility index (Phi) is 6.14. The van der Waals surface area contributed by atoms with E-state index in [-0.39, 0.29) is 17.4 Å². The van der Waals surface area contributed by atoms with Crippen LogP contribution in [0.2, 0.25) is 0 Å². The van der Waals surface area contributed by atoms with Crippen LogP contribution in [0.25, 0.3) is 0 Å². The summed E-state index contributed by atoms with van der Waals surface area (Å²) >= 11 is 0. The molecule has 4 nitrogen and oxygen atoms in total. The number of benzene rings is 2. The molecule has 1 aliphatic heterocycles. The maximum Gasteiger partial charge on any atom is 0.217 e. The number of nitrogens with one attached hydrogen (secondary N) is 1. The summed E-state index contributed by atoms with van der Waals surface area (Å²) in [5.41, 5.74) is 4.04. The molecular formula is C26H34N2O2. The van der Waals surface area contributed by atoms with Gasteiger partial charge in [-0.05, 0) is 73.5 Å². The Morgan fingerprint density at radius 2 is 1.90 bits per heavy atom. The number of carbonyl (C=O) groups excluding carboxylic acids is 1. The maximum atomic E-state index is 12.1. The SMILES string of the molecule is COc1ccc2c(c1)CC[C@@](C)(CN1CCC(c3ccccc3)CC1)[C@@H]2NC(C)=O. The number of methoxy groups -OCH3 is 1. The second-order valence-electron chi connectivity index (χ2n) is 9.31. The molecule has 0 spiro atoms. The summed E-state index contributed by atoms with van der Waals surface area (Å²) in [6.45, 7) is 7.24. The van der Waals surface area contributed by atoms with Crippen LogP contribution in [0.15, 0.2) is 48.5 Å². The Morgan fingerprint density at radius 3 is 2.57 bits per heavy atom. The van der Waals surface area contributed by atoms with Crippen LogP contribution in [0.5, 0.6) is 5.75 Å². The fraction of sp³-hybridized carbons (Fsp3) is 0.500. The predicted molar refractivity (Wildman–Crippen MR) is 121 cm³/mol. The minimum Gasteiger partial charge on any atom is -0.497 e. The Morgan fingerprint density at radius 1 is 1.17 bits per heavy atom. The summed E-state index contributed by atoms with van der Waals surface area (Å²) in [5, 5.41) is 3.28. The van der Waals surface area contributed by atoms with Gasteiger partial charge in [0.2, 0.25) is 5.91 Å². The van der Waals surface area contributed by atoms with Crippen molar-refractivity contribution in [3.63, 3.8) is 0 Å².